The molecule has 5 heteroatoms. The van der Waals surface area contributed by atoms with Crippen molar-refractivity contribution in [2.24, 2.45) is 0 Å². The van der Waals surface area contributed by atoms with Gasteiger partial charge in [-0.2, -0.15) is 0 Å². The quantitative estimate of drug-likeness (QED) is 0.856. The molecule has 0 atom stereocenters. The number of rotatable bonds is 5. The molecule has 1 N–H and O–H groups in total. The van der Waals surface area contributed by atoms with Crippen molar-refractivity contribution >= 4 is 10.0 Å². The van der Waals surface area contributed by atoms with Gasteiger partial charge >= 0.3 is 0 Å². The minimum Gasteiger partial charge on any atom is -0.381 e. The molecule has 0 saturated carbocycles. The third-order valence-electron chi connectivity index (χ3n) is 6.07. The zero-order valence-electron chi connectivity index (χ0n) is 15.6. The fourth-order valence-electron chi connectivity index (χ4n) is 4.31. The molecule has 0 bridgehead atoms. The van der Waals surface area contributed by atoms with Gasteiger partial charge in [-0.15, -0.1) is 0 Å². The van der Waals surface area contributed by atoms with Gasteiger partial charge in [0.25, 0.3) is 0 Å². The van der Waals surface area contributed by atoms with Crippen LogP contribution < -0.4 is 4.72 Å². The van der Waals surface area contributed by atoms with Crippen LogP contribution in [0.25, 0.3) is 0 Å². The molecule has 144 valence electrons. The van der Waals surface area contributed by atoms with E-state index in [4.69, 9.17) is 4.74 Å². The van der Waals surface area contributed by atoms with E-state index in [1.54, 1.807) is 6.07 Å². The van der Waals surface area contributed by atoms with Crippen LogP contribution >= 0.6 is 0 Å². The molecular formula is C22H27NO3S. The zero-order valence-corrected chi connectivity index (χ0v) is 16.4. The predicted molar refractivity (Wildman–Crippen MR) is 106 cm³/mol. The van der Waals surface area contributed by atoms with E-state index in [1.165, 1.54) is 23.1 Å². The Morgan fingerprint density at radius 1 is 0.926 bits per heavy atom. The van der Waals surface area contributed by atoms with Crippen molar-refractivity contribution in [2.45, 2.75) is 48.8 Å². The van der Waals surface area contributed by atoms with Gasteiger partial charge in [-0.25, -0.2) is 13.1 Å². The summed E-state index contributed by atoms with van der Waals surface area (Å²) in [7, 11) is -3.53. The standard InChI is InChI=1S/C22H27NO3S/c24-27(25,21-11-10-18-6-4-5-7-19(18)16-21)23-17-22(12-14-26-15-13-22)20-8-2-1-3-9-20/h1-3,8-11,16,23H,4-7,12-15,17H2. The Morgan fingerprint density at radius 2 is 1.63 bits per heavy atom. The van der Waals surface area contributed by atoms with Crippen molar-refractivity contribution in [1.29, 1.82) is 0 Å². The van der Waals surface area contributed by atoms with Crippen LogP contribution in [0.5, 0.6) is 0 Å². The van der Waals surface area contributed by atoms with Crippen LogP contribution in [0.2, 0.25) is 0 Å². The minimum absolute atomic E-state index is 0.208. The summed E-state index contributed by atoms with van der Waals surface area (Å²) in [5.41, 5.74) is 3.46. The van der Waals surface area contributed by atoms with Crippen molar-refractivity contribution in [3.05, 3.63) is 65.2 Å². The molecule has 1 fully saturated rings. The smallest absolute Gasteiger partial charge is 0.240 e. The van der Waals surface area contributed by atoms with Crippen LogP contribution in [0.15, 0.2) is 53.4 Å². The number of benzene rings is 2. The van der Waals surface area contributed by atoms with Crippen molar-refractivity contribution in [2.75, 3.05) is 19.8 Å². The molecule has 4 rings (SSSR count). The van der Waals surface area contributed by atoms with E-state index >= 15 is 0 Å². The third kappa shape index (κ3) is 3.96. The van der Waals surface area contributed by atoms with Crippen LogP contribution in [0, 0.1) is 0 Å². The summed E-state index contributed by atoms with van der Waals surface area (Å²) < 4.78 is 34.4. The summed E-state index contributed by atoms with van der Waals surface area (Å²) in [6, 6.07) is 15.8. The van der Waals surface area contributed by atoms with Gasteiger partial charge in [-0.3, -0.25) is 0 Å². The molecule has 1 aliphatic heterocycles. The van der Waals surface area contributed by atoms with Gasteiger partial charge in [0.1, 0.15) is 0 Å². The molecule has 0 aromatic heterocycles. The first kappa shape index (κ1) is 18.7. The number of fused-ring (bicyclic) bond motifs is 1. The first-order valence-electron chi connectivity index (χ1n) is 9.84. The van der Waals surface area contributed by atoms with Crippen molar-refractivity contribution in [3.8, 4) is 0 Å². The van der Waals surface area contributed by atoms with Gasteiger partial charge in [0.2, 0.25) is 10.0 Å². The van der Waals surface area contributed by atoms with Crippen LogP contribution in [0.3, 0.4) is 0 Å². The second-order valence-corrected chi connectivity index (χ2v) is 9.49. The molecule has 2 aliphatic rings. The number of hydrogen-bond acceptors (Lipinski definition) is 3. The van der Waals surface area contributed by atoms with Gasteiger partial charge in [0.05, 0.1) is 4.90 Å². The highest BCUT2D eigenvalue weighted by Crippen LogP contribution is 2.34. The van der Waals surface area contributed by atoms with Gasteiger partial charge in [0, 0.05) is 25.2 Å². The second-order valence-electron chi connectivity index (χ2n) is 7.72. The van der Waals surface area contributed by atoms with E-state index in [0.717, 1.165) is 32.1 Å². The van der Waals surface area contributed by atoms with Crippen molar-refractivity contribution < 1.29 is 13.2 Å². The lowest BCUT2D eigenvalue weighted by atomic mass is 9.74. The highest BCUT2D eigenvalue weighted by molar-refractivity contribution is 7.89. The molecule has 0 unspecified atom stereocenters. The summed E-state index contributed by atoms with van der Waals surface area (Å²) in [4.78, 5) is 0.387. The summed E-state index contributed by atoms with van der Waals surface area (Å²) in [6.45, 7) is 1.73. The van der Waals surface area contributed by atoms with Crippen molar-refractivity contribution in [1.82, 2.24) is 4.72 Å². The Hall–Kier alpha value is -1.69. The molecule has 0 radical (unpaired) electrons. The topological polar surface area (TPSA) is 55.4 Å². The van der Waals surface area contributed by atoms with Gasteiger partial charge in [-0.1, -0.05) is 36.4 Å². The lowest BCUT2D eigenvalue weighted by molar-refractivity contribution is 0.0517. The first-order chi connectivity index (χ1) is 13.1. The van der Waals surface area contributed by atoms with E-state index < -0.39 is 10.0 Å². The van der Waals surface area contributed by atoms with E-state index in [2.05, 4.69) is 16.9 Å². The minimum atomic E-state index is -3.53. The normalized spacial score (nSPS) is 19.4. The fraction of sp³-hybridized carbons (Fsp3) is 0.455. The maximum Gasteiger partial charge on any atom is 0.240 e. The highest BCUT2D eigenvalue weighted by Gasteiger charge is 2.35. The molecule has 2 aromatic carbocycles. The van der Waals surface area contributed by atoms with E-state index in [1.807, 2.05) is 30.3 Å². The maximum atomic E-state index is 13.0. The van der Waals surface area contributed by atoms with Crippen LogP contribution in [0.1, 0.15) is 42.4 Å². The third-order valence-corrected chi connectivity index (χ3v) is 7.47. The Bertz CT molecular complexity index is 887. The molecule has 1 heterocycles. The molecule has 1 saturated heterocycles. The number of sulfonamides is 1. The lowest BCUT2D eigenvalue weighted by Crippen LogP contribution is -2.44. The van der Waals surface area contributed by atoms with Crippen molar-refractivity contribution in [3.63, 3.8) is 0 Å². The van der Waals surface area contributed by atoms with E-state index in [0.29, 0.717) is 24.7 Å². The molecule has 0 spiro atoms. The molecule has 0 amide bonds. The predicted octanol–water partition coefficient (Wildman–Crippen LogP) is 3.59. The Kier molecular flexibility index (Phi) is 5.35. The van der Waals surface area contributed by atoms with E-state index in [-0.39, 0.29) is 5.41 Å². The first-order valence-corrected chi connectivity index (χ1v) is 11.3. The van der Waals surface area contributed by atoms with Crippen LogP contribution in [-0.2, 0) is 33.0 Å². The van der Waals surface area contributed by atoms with Gasteiger partial charge in [0.15, 0.2) is 0 Å². The SMILES string of the molecule is O=S(=O)(NCC1(c2ccccc2)CCOCC1)c1ccc2c(c1)CCCC2. The number of ether oxygens (including phenoxy) is 1. The molecule has 1 aliphatic carbocycles. The van der Waals surface area contributed by atoms with Gasteiger partial charge in [-0.05, 0) is 67.3 Å². The Morgan fingerprint density at radius 3 is 2.37 bits per heavy atom. The highest BCUT2D eigenvalue weighted by atomic mass is 32.2. The lowest BCUT2D eigenvalue weighted by Gasteiger charge is -2.38. The molecule has 27 heavy (non-hydrogen) atoms. The Balaban J connectivity index is 1.56. The van der Waals surface area contributed by atoms with E-state index in [9.17, 15) is 8.42 Å². The number of hydrogen-bond donors (Lipinski definition) is 1. The van der Waals surface area contributed by atoms with Gasteiger partial charge < -0.3 is 4.74 Å². The maximum absolute atomic E-state index is 13.0. The summed E-state index contributed by atoms with van der Waals surface area (Å²) in [6.07, 6.45) is 6.01. The average Bonchev–Trinajstić information content (AvgIpc) is 2.73. The zero-order chi connectivity index (χ0) is 18.7. The second kappa shape index (κ2) is 7.74. The number of nitrogens with one attached hydrogen (secondary N) is 1. The fourth-order valence-corrected chi connectivity index (χ4v) is 5.49. The number of aryl methyl sites for hydroxylation is 2. The summed E-state index contributed by atoms with van der Waals surface area (Å²) in [5.74, 6) is 0. The average molecular weight is 386 g/mol. The molecule has 4 nitrogen and oxygen atoms in total. The summed E-state index contributed by atoms with van der Waals surface area (Å²) >= 11 is 0. The monoisotopic (exact) mass is 385 g/mol. The van der Waals surface area contributed by atoms with Crippen LogP contribution in [-0.4, -0.2) is 28.2 Å². The Labute approximate surface area is 162 Å². The largest absolute Gasteiger partial charge is 0.381 e. The summed E-state index contributed by atoms with van der Waals surface area (Å²) in [5, 5.41) is 0. The molecular weight excluding hydrogens is 358 g/mol. The molecule has 2 aromatic rings. The van der Waals surface area contributed by atoms with Crippen LogP contribution in [0.4, 0.5) is 0 Å².